The summed E-state index contributed by atoms with van der Waals surface area (Å²) in [6.07, 6.45) is 1.50. The largest absolute Gasteiger partial charge is 0.478 e. The van der Waals surface area contributed by atoms with E-state index in [0.29, 0.717) is 19.0 Å². The van der Waals surface area contributed by atoms with Crippen LogP contribution in [0, 0.1) is 13.8 Å². The molecule has 0 radical (unpaired) electrons. The minimum atomic E-state index is 0.594. The van der Waals surface area contributed by atoms with Gasteiger partial charge in [-0.15, -0.1) is 0 Å². The molecule has 0 aliphatic carbocycles. The summed E-state index contributed by atoms with van der Waals surface area (Å²) < 4.78 is 5.44. The van der Waals surface area contributed by atoms with Crippen molar-refractivity contribution < 1.29 is 4.74 Å². The highest BCUT2D eigenvalue weighted by Gasteiger charge is 2.07. The normalized spacial score (nSPS) is 10.3. The van der Waals surface area contributed by atoms with Gasteiger partial charge in [0.1, 0.15) is 12.1 Å². The summed E-state index contributed by atoms with van der Waals surface area (Å²) in [6, 6.07) is 5.96. The van der Waals surface area contributed by atoms with Crippen molar-refractivity contribution >= 4 is 5.82 Å². The van der Waals surface area contributed by atoms with Gasteiger partial charge in [0.2, 0.25) is 5.88 Å². The van der Waals surface area contributed by atoms with Crippen LogP contribution in [0.15, 0.2) is 24.5 Å². The fraction of sp³-hybridized carbons (Fsp3) is 0.357. The Labute approximate surface area is 113 Å². The van der Waals surface area contributed by atoms with Crippen LogP contribution in [0.5, 0.6) is 5.88 Å². The molecule has 2 heterocycles. The number of nitrogens with one attached hydrogen (secondary N) is 1. The van der Waals surface area contributed by atoms with E-state index in [1.807, 2.05) is 39.0 Å². The molecule has 0 aromatic carbocycles. The molecule has 0 saturated carbocycles. The second kappa shape index (κ2) is 6.13. The number of nitrogens with zero attached hydrogens (tertiary/aromatic N) is 3. The van der Waals surface area contributed by atoms with Crippen molar-refractivity contribution in [3.63, 3.8) is 0 Å². The maximum absolute atomic E-state index is 5.44. The predicted octanol–water partition coefficient (Wildman–Crippen LogP) is 2.50. The van der Waals surface area contributed by atoms with E-state index < -0.39 is 0 Å². The number of aromatic nitrogens is 3. The molecule has 1 N–H and O–H groups in total. The van der Waals surface area contributed by atoms with Gasteiger partial charge < -0.3 is 10.1 Å². The monoisotopic (exact) mass is 258 g/mol. The lowest BCUT2D eigenvalue weighted by molar-refractivity contribution is 0.324. The van der Waals surface area contributed by atoms with Crippen molar-refractivity contribution in [2.45, 2.75) is 27.3 Å². The van der Waals surface area contributed by atoms with E-state index in [2.05, 4.69) is 20.3 Å². The molecule has 0 fully saturated rings. The number of anilines is 1. The molecule has 2 aromatic heterocycles. The predicted molar refractivity (Wildman–Crippen MR) is 74.2 cm³/mol. The molecular formula is C14H18N4O. The van der Waals surface area contributed by atoms with Gasteiger partial charge in [0, 0.05) is 5.69 Å². The highest BCUT2D eigenvalue weighted by Crippen LogP contribution is 2.20. The molecule has 5 nitrogen and oxygen atoms in total. The van der Waals surface area contributed by atoms with Crippen LogP contribution in [-0.2, 0) is 6.54 Å². The molecule has 5 heteroatoms. The second-order valence-corrected chi connectivity index (χ2v) is 4.21. The smallest absolute Gasteiger partial charge is 0.221 e. The van der Waals surface area contributed by atoms with Crippen LogP contribution in [0.3, 0.4) is 0 Å². The molecule has 0 atom stereocenters. The van der Waals surface area contributed by atoms with Gasteiger partial charge in [-0.1, -0.05) is 6.07 Å². The van der Waals surface area contributed by atoms with Gasteiger partial charge in [0.05, 0.1) is 24.4 Å². The third-order valence-corrected chi connectivity index (χ3v) is 2.70. The molecule has 0 saturated heterocycles. The Morgan fingerprint density at radius 3 is 2.79 bits per heavy atom. The Morgan fingerprint density at radius 1 is 1.21 bits per heavy atom. The van der Waals surface area contributed by atoms with Crippen LogP contribution in [0.25, 0.3) is 0 Å². The van der Waals surface area contributed by atoms with Crippen LogP contribution in [0.2, 0.25) is 0 Å². The van der Waals surface area contributed by atoms with Gasteiger partial charge in [-0.3, -0.25) is 4.98 Å². The highest BCUT2D eigenvalue weighted by molar-refractivity contribution is 5.47. The van der Waals surface area contributed by atoms with Crippen molar-refractivity contribution in [1.82, 2.24) is 15.0 Å². The summed E-state index contributed by atoms with van der Waals surface area (Å²) in [6.45, 7) is 7.08. The number of aryl methyl sites for hydroxylation is 1. The van der Waals surface area contributed by atoms with Gasteiger partial charge in [-0.2, -0.15) is 0 Å². The molecule has 2 rings (SSSR count). The molecule has 0 amide bonds. The van der Waals surface area contributed by atoms with Crippen molar-refractivity contribution in [2.75, 3.05) is 11.9 Å². The van der Waals surface area contributed by atoms with Gasteiger partial charge in [-0.25, -0.2) is 9.97 Å². The topological polar surface area (TPSA) is 59.9 Å². The van der Waals surface area contributed by atoms with Crippen LogP contribution in [0.1, 0.15) is 23.9 Å². The van der Waals surface area contributed by atoms with Gasteiger partial charge in [-0.05, 0) is 32.9 Å². The molecule has 0 bridgehead atoms. The number of ether oxygens (including phenoxy) is 1. The average Bonchev–Trinajstić information content (AvgIpc) is 2.40. The fourth-order valence-electron chi connectivity index (χ4n) is 1.77. The standard InChI is InChI=1S/C14H18N4O/c1-4-19-14-11(3)13(16-9-17-14)15-8-12-7-5-6-10(2)18-12/h5-7,9H,4,8H2,1-3H3,(H,15,16,17). The number of hydrogen-bond acceptors (Lipinski definition) is 5. The van der Waals surface area contributed by atoms with Crippen molar-refractivity contribution in [3.8, 4) is 5.88 Å². The molecule has 0 unspecified atom stereocenters. The van der Waals surface area contributed by atoms with Gasteiger partial charge in [0.25, 0.3) is 0 Å². The van der Waals surface area contributed by atoms with Crippen LogP contribution < -0.4 is 10.1 Å². The first kappa shape index (κ1) is 13.3. The van der Waals surface area contributed by atoms with E-state index in [1.54, 1.807) is 0 Å². The maximum atomic E-state index is 5.44. The maximum Gasteiger partial charge on any atom is 0.221 e. The van der Waals surface area contributed by atoms with Crippen LogP contribution in [-0.4, -0.2) is 21.6 Å². The van der Waals surface area contributed by atoms with Gasteiger partial charge >= 0.3 is 0 Å². The lowest BCUT2D eigenvalue weighted by Crippen LogP contribution is -2.07. The molecule has 19 heavy (non-hydrogen) atoms. The minimum absolute atomic E-state index is 0.594. The van der Waals surface area contributed by atoms with Gasteiger partial charge in [0.15, 0.2) is 0 Å². The Hall–Kier alpha value is -2.17. The van der Waals surface area contributed by atoms with E-state index >= 15 is 0 Å². The van der Waals surface area contributed by atoms with Crippen molar-refractivity contribution in [2.24, 2.45) is 0 Å². The van der Waals surface area contributed by atoms with Crippen LogP contribution in [0.4, 0.5) is 5.82 Å². The van der Waals surface area contributed by atoms with Crippen molar-refractivity contribution in [3.05, 3.63) is 41.5 Å². The zero-order valence-corrected chi connectivity index (χ0v) is 11.5. The third-order valence-electron chi connectivity index (χ3n) is 2.70. The molecular weight excluding hydrogens is 240 g/mol. The van der Waals surface area contributed by atoms with E-state index in [1.165, 1.54) is 6.33 Å². The molecule has 0 spiro atoms. The minimum Gasteiger partial charge on any atom is -0.478 e. The highest BCUT2D eigenvalue weighted by atomic mass is 16.5. The molecule has 2 aromatic rings. The Bertz CT molecular complexity index is 557. The van der Waals surface area contributed by atoms with E-state index in [-0.39, 0.29) is 0 Å². The summed E-state index contributed by atoms with van der Waals surface area (Å²) in [4.78, 5) is 12.8. The summed E-state index contributed by atoms with van der Waals surface area (Å²) in [5, 5.41) is 3.26. The molecule has 0 aliphatic rings. The van der Waals surface area contributed by atoms with E-state index in [4.69, 9.17) is 4.74 Å². The second-order valence-electron chi connectivity index (χ2n) is 4.21. The first-order valence-electron chi connectivity index (χ1n) is 6.31. The van der Waals surface area contributed by atoms with Crippen LogP contribution >= 0.6 is 0 Å². The van der Waals surface area contributed by atoms with E-state index in [9.17, 15) is 0 Å². The zero-order chi connectivity index (χ0) is 13.7. The molecule has 0 aliphatic heterocycles. The van der Waals surface area contributed by atoms with Crippen molar-refractivity contribution in [1.29, 1.82) is 0 Å². The molecule has 100 valence electrons. The number of hydrogen-bond donors (Lipinski definition) is 1. The summed E-state index contributed by atoms with van der Waals surface area (Å²) >= 11 is 0. The number of pyridine rings is 1. The lowest BCUT2D eigenvalue weighted by Gasteiger charge is -2.11. The SMILES string of the molecule is CCOc1ncnc(NCc2cccc(C)n2)c1C. The Kier molecular flexibility index (Phi) is 4.28. The summed E-state index contributed by atoms with van der Waals surface area (Å²) in [5.41, 5.74) is 2.90. The summed E-state index contributed by atoms with van der Waals surface area (Å²) in [5.74, 6) is 1.40. The van der Waals surface area contributed by atoms with E-state index in [0.717, 1.165) is 22.8 Å². The quantitative estimate of drug-likeness (QED) is 0.892. The number of rotatable bonds is 5. The first-order valence-corrected chi connectivity index (χ1v) is 6.31. The third kappa shape index (κ3) is 3.40. The average molecular weight is 258 g/mol. The summed E-state index contributed by atoms with van der Waals surface area (Å²) in [7, 11) is 0. The first-order chi connectivity index (χ1) is 9.20. The zero-order valence-electron chi connectivity index (χ0n) is 11.5. The Morgan fingerprint density at radius 2 is 2.05 bits per heavy atom. The Balaban J connectivity index is 2.09. The fourth-order valence-corrected chi connectivity index (χ4v) is 1.77. The lowest BCUT2D eigenvalue weighted by atomic mass is 10.3.